The van der Waals surface area contributed by atoms with Crippen LogP contribution in [0.5, 0.6) is 0 Å². The number of rotatable bonds is 8. The van der Waals surface area contributed by atoms with E-state index in [0.29, 0.717) is 24.6 Å². The Labute approximate surface area is 232 Å². The largest absolute Gasteiger partial charge is 0.444 e. The van der Waals surface area contributed by atoms with Crippen LogP contribution in [0.3, 0.4) is 0 Å². The molecule has 39 heavy (non-hydrogen) atoms. The summed E-state index contributed by atoms with van der Waals surface area (Å²) in [5.74, 6) is -0.805. The van der Waals surface area contributed by atoms with Crippen molar-refractivity contribution in [2.45, 2.75) is 122 Å². The maximum absolute atomic E-state index is 13.3. The maximum atomic E-state index is 13.3. The predicted octanol–water partition coefficient (Wildman–Crippen LogP) is 4.45. The van der Waals surface area contributed by atoms with Crippen LogP contribution in [-0.4, -0.2) is 64.4 Å². The van der Waals surface area contributed by atoms with Gasteiger partial charge in [0.05, 0.1) is 0 Å². The molecular formula is C30H44N4O5. The molecule has 2 aliphatic heterocycles. The first-order valence-electron chi connectivity index (χ1n) is 14.5. The minimum Gasteiger partial charge on any atom is -0.444 e. The molecule has 1 aromatic rings. The van der Waals surface area contributed by atoms with Crippen molar-refractivity contribution >= 4 is 23.8 Å². The molecule has 214 valence electrons. The van der Waals surface area contributed by atoms with Gasteiger partial charge in [-0.25, -0.2) is 4.79 Å². The monoisotopic (exact) mass is 540 g/mol. The summed E-state index contributed by atoms with van der Waals surface area (Å²) in [5.41, 5.74) is 2.25. The Hall–Kier alpha value is -2.94. The van der Waals surface area contributed by atoms with Gasteiger partial charge in [0.15, 0.2) is 0 Å². The summed E-state index contributed by atoms with van der Waals surface area (Å²) in [6, 6.07) is 5.85. The van der Waals surface area contributed by atoms with Gasteiger partial charge in [0.2, 0.25) is 11.8 Å². The molecule has 0 spiro atoms. The van der Waals surface area contributed by atoms with Crippen molar-refractivity contribution in [2.24, 2.45) is 0 Å². The number of hydrogen-bond acceptors (Lipinski definition) is 6. The van der Waals surface area contributed by atoms with Crippen molar-refractivity contribution in [1.82, 2.24) is 20.4 Å². The first-order chi connectivity index (χ1) is 18.5. The summed E-state index contributed by atoms with van der Waals surface area (Å²) in [4.78, 5) is 53.4. The summed E-state index contributed by atoms with van der Waals surface area (Å²) < 4.78 is 5.56. The number of unbranched alkanes of at least 4 members (excludes halogenated alkanes) is 1. The van der Waals surface area contributed by atoms with Crippen LogP contribution in [0.1, 0.15) is 113 Å². The number of carbonyl (C=O) groups excluding carboxylic acids is 4. The highest BCUT2D eigenvalue weighted by molar-refractivity contribution is 6.05. The van der Waals surface area contributed by atoms with E-state index in [0.717, 1.165) is 56.1 Å². The zero-order chi connectivity index (χ0) is 28.3. The molecule has 1 saturated heterocycles. The Morgan fingerprint density at radius 1 is 1.15 bits per heavy atom. The number of fused-ring (bicyclic) bond motifs is 1. The van der Waals surface area contributed by atoms with Gasteiger partial charge in [0.25, 0.3) is 5.91 Å². The Morgan fingerprint density at radius 2 is 1.87 bits per heavy atom. The van der Waals surface area contributed by atoms with E-state index in [4.69, 9.17) is 4.74 Å². The van der Waals surface area contributed by atoms with E-state index < -0.39 is 11.6 Å². The number of nitrogens with zero attached hydrogens (tertiary/aromatic N) is 2. The first kappa shape index (κ1) is 29.1. The fourth-order valence-corrected chi connectivity index (χ4v) is 6.07. The normalized spacial score (nSPS) is 24.3. The molecule has 1 aromatic carbocycles. The summed E-state index contributed by atoms with van der Waals surface area (Å²) >= 11 is 0. The Kier molecular flexibility index (Phi) is 8.99. The van der Waals surface area contributed by atoms with Gasteiger partial charge >= 0.3 is 6.09 Å². The zero-order valence-electron chi connectivity index (χ0n) is 24.0. The van der Waals surface area contributed by atoms with Crippen molar-refractivity contribution in [3.8, 4) is 0 Å². The van der Waals surface area contributed by atoms with Crippen molar-refractivity contribution in [1.29, 1.82) is 0 Å². The van der Waals surface area contributed by atoms with Gasteiger partial charge in [-0.2, -0.15) is 0 Å². The van der Waals surface area contributed by atoms with Gasteiger partial charge in [-0.3, -0.25) is 19.7 Å². The molecule has 9 nitrogen and oxygen atoms in total. The van der Waals surface area contributed by atoms with E-state index in [1.54, 1.807) is 9.80 Å². The Balaban J connectivity index is 1.44. The van der Waals surface area contributed by atoms with Crippen molar-refractivity contribution in [3.63, 3.8) is 0 Å². The van der Waals surface area contributed by atoms with E-state index in [9.17, 15) is 19.2 Å². The third kappa shape index (κ3) is 6.80. The number of carbonyl (C=O) groups is 4. The lowest BCUT2D eigenvalue weighted by Gasteiger charge is -2.37. The molecule has 4 amide bonds. The molecule has 0 aromatic heterocycles. The highest BCUT2D eigenvalue weighted by Crippen LogP contribution is 2.35. The van der Waals surface area contributed by atoms with Gasteiger partial charge in [0, 0.05) is 43.7 Å². The van der Waals surface area contributed by atoms with Gasteiger partial charge < -0.3 is 19.9 Å². The minimum absolute atomic E-state index is 0.0968. The van der Waals surface area contributed by atoms with Crippen LogP contribution in [-0.2, 0) is 20.9 Å². The molecule has 2 N–H and O–H groups in total. The molecule has 4 rings (SSSR count). The lowest BCUT2D eigenvalue weighted by atomic mass is 9.88. The van der Waals surface area contributed by atoms with Crippen LogP contribution >= 0.6 is 0 Å². The molecular weight excluding hydrogens is 496 g/mol. The van der Waals surface area contributed by atoms with Gasteiger partial charge in [-0.1, -0.05) is 31.9 Å². The molecule has 2 fully saturated rings. The maximum Gasteiger partial charge on any atom is 0.410 e. The van der Waals surface area contributed by atoms with Crippen LogP contribution in [0.4, 0.5) is 4.79 Å². The van der Waals surface area contributed by atoms with E-state index in [1.807, 2.05) is 40.0 Å². The van der Waals surface area contributed by atoms with Gasteiger partial charge in [0.1, 0.15) is 11.6 Å². The van der Waals surface area contributed by atoms with Crippen molar-refractivity contribution in [2.75, 3.05) is 7.05 Å². The molecule has 1 saturated carbocycles. The Morgan fingerprint density at radius 3 is 2.51 bits per heavy atom. The Bertz CT molecular complexity index is 1090. The molecule has 2 atom stereocenters. The molecule has 0 bridgehead atoms. The average molecular weight is 541 g/mol. The smallest absolute Gasteiger partial charge is 0.410 e. The SMILES string of the molecule is CCCC[C@@H](NC1CCC(N(C)C(=O)OC(C)(C)C)CC1)c1cccc2c1CN([C@@H]1CCC(=O)NC1=O)C2=O. The lowest BCUT2D eigenvalue weighted by molar-refractivity contribution is -0.136. The van der Waals surface area contributed by atoms with Crippen LogP contribution in [0, 0.1) is 0 Å². The quantitative estimate of drug-likeness (QED) is 0.472. The fourth-order valence-electron chi connectivity index (χ4n) is 6.07. The average Bonchev–Trinajstić information content (AvgIpc) is 3.21. The van der Waals surface area contributed by atoms with Crippen LogP contribution in [0.15, 0.2) is 18.2 Å². The summed E-state index contributed by atoms with van der Waals surface area (Å²) in [5, 5.41) is 6.28. The number of amides is 4. The number of piperidine rings is 1. The number of ether oxygens (including phenoxy) is 1. The van der Waals surface area contributed by atoms with Crippen molar-refractivity contribution < 1.29 is 23.9 Å². The fraction of sp³-hybridized carbons (Fsp3) is 0.667. The number of imide groups is 1. The van der Waals surface area contributed by atoms with Crippen LogP contribution in [0.2, 0.25) is 0 Å². The van der Waals surface area contributed by atoms with Gasteiger partial charge in [-0.15, -0.1) is 0 Å². The van der Waals surface area contributed by atoms with Gasteiger partial charge in [-0.05, 0) is 76.5 Å². The lowest BCUT2D eigenvalue weighted by Crippen LogP contribution is -2.52. The number of nitrogens with one attached hydrogen (secondary N) is 2. The topological polar surface area (TPSA) is 108 Å². The highest BCUT2D eigenvalue weighted by atomic mass is 16.6. The van der Waals surface area contributed by atoms with Crippen LogP contribution in [0.25, 0.3) is 0 Å². The minimum atomic E-state index is -0.616. The number of hydrogen-bond donors (Lipinski definition) is 2. The van der Waals surface area contributed by atoms with E-state index in [1.165, 1.54) is 0 Å². The molecule has 2 heterocycles. The predicted molar refractivity (Wildman–Crippen MR) is 148 cm³/mol. The van der Waals surface area contributed by atoms with Crippen molar-refractivity contribution in [3.05, 3.63) is 34.9 Å². The molecule has 0 unspecified atom stereocenters. The van der Waals surface area contributed by atoms with E-state index in [2.05, 4.69) is 23.6 Å². The van der Waals surface area contributed by atoms with Crippen LogP contribution < -0.4 is 10.6 Å². The zero-order valence-corrected chi connectivity index (χ0v) is 24.0. The summed E-state index contributed by atoms with van der Waals surface area (Å²) in [7, 11) is 1.83. The molecule has 9 heteroatoms. The second-order valence-corrected chi connectivity index (χ2v) is 12.2. The summed E-state index contributed by atoms with van der Waals surface area (Å²) in [6.45, 7) is 8.21. The third-order valence-electron chi connectivity index (χ3n) is 8.20. The van der Waals surface area contributed by atoms with E-state index >= 15 is 0 Å². The standard InChI is InChI=1S/C30H44N4O5/c1-6-7-11-24(31-19-12-14-20(15-13-19)33(5)29(38)39-30(2,3)4)21-9-8-10-22-23(21)18-34(28(22)37)25-16-17-26(35)32-27(25)36/h8-10,19-20,24-25,31H,6-7,11-18H2,1-5H3,(H,32,35,36)/t19?,20?,24-,25-/m1/s1. The first-order valence-corrected chi connectivity index (χ1v) is 14.5. The molecule has 1 aliphatic carbocycles. The second kappa shape index (κ2) is 12.1. The summed E-state index contributed by atoms with van der Waals surface area (Å²) in [6.07, 6.45) is 7.14. The van der Waals surface area contributed by atoms with E-state index in [-0.39, 0.29) is 42.3 Å². The second-order valence-electron chi connectivity index (χ2n) is 12.2. The third-order valence-corrected chi connectivity index (χ3v) is 8.20. The number of benzene rings is 1. The molecule has 3 aliphatic rings. The molecule has 0 radical (unpaired) electrons. The highest BCUT2D eigenvalue weighted by Gasteiger charge is 2.40.